The van der Waals surface area contributed by atoms with Gasteiger partial charge in [0, 0.05) is 17.2 Å². The Morgan fingerprint density at radius 1 is 1.14 bits per heavy atom. The molecule has 2 aromatic carbocycles. The topological polar surface area (TPSA) is 42.2 Å². The largest absolute Gasteiger partial charge is 0.440 e. The number of furan rings is 1. The van der Waals surface area contributed by atoms with Crippen LogP contribution in [0.15, 0.2) is 57.8 Å². The van der Waals surface area contributed by atoms with Crippen molar-refractivity contribution in [2.24, 2.45) is 0 Å². The van der Waals surface area contributed by atoms with Gasteiger partial charge < -0.3 is 4.42 Å². The monoisotopic (exact) mass is 297 g/mol. The van der Waals surface area contributed by atoms with Crippen molar-refractivity contribution in [3.8, 4) is 11.1 Å². The van der Waals surface area contributed by atoms with Crippen LogP contribution in [0.3, 0.4) is 0 Å². The van der Waals surface area contributed by atoms with Crippen LogP contribution in [0.4, 0.5) is 5.88 Å². The van der Waals surface area contributed by atoms with E-state index in [2.05, 4.69) is 11.4 Å². The zero-order chi connectivity index (χ0) is 14.8. The van der Waals surface area contributed by atoms with Crippen LogP contribution in [-0.2, 0) is 4.79 Å². The fraction of sp³-hybridized carbons (Fsp3) is 0.118. The molecule has 0 fully saturated rings. The molecule has 0 spiro atoms. The average molecular weight is 297 g/mol. The van der Waals surface area contributed by atoms with Crippen LogP contribution < -0.4 is 5.32 Å². The molecular formula is C17H15NO2S. The van der Waals surface area contributed by atoms with Crippen molar-refractivity contribution in [2.75, 3.05) is 11.6 Å². The lowest BCUT2D eigenvalue weighted by Gasteiger charge is -2.03. The fourth-order valence-corrected chi connectivity index (χ4v) is 2.78. The van der Waals surface area contributed by atoms with Crippen LogP contribution in [0.1, 0.15) is 6.92 Å². The van der Waals surface area contributed by atoms with Gasteiger partial charge in [0.15, 0.2) is 0 Å². The third kappa shape index (κ3) is 2.67. The van der Waals surface area contributed by atoms with E-state index >= 15 is 0 Å². The van der Waals surface area contributed by atoms with Gasteiger partial charge in [-0.15, -0.1) is 11.8 Å². The van der Waals surface area contributed by atoms with Crippen molar-refractivity contribution in [1.82, 2.24) is 0 Å². The summed E-state index contributed by atoms with van der Waals surface area (Å²) in [4.78, 5) is 12.6. The molecule has 3 rings (SSSR count). The molecule has 1 aromatic heterocycles. The Morgan fingerprint density at radius 2 is 1.90 bits per heavy atom. The summed E-state index contributed by atoms with van der Waals surface area (Å²) in [6.07, 6.45) is 2.04. The average Bonchev–Trinajstić information content (AvgIpc) is 2.84. The second-order valence-corrected chi connectivity index (χ2v) is 5.60. The van der Waals surface area contributed by atoms with Crippen molar-refractivity contribution in [3.05, 3.63) is 48.5 Å². The normalized spacial score (nSPS) is 10.8. The fourth-order valence-electron chi connectivity index (χ4n) is 2.34. The molecule has 1 heterocycles. The minimum Gasteiger partial charge on any atom is -0.440 e. The van der Waals surface area contributed by atoms with E-state index in [1.54, 1.807) is 11.8 Å². The maximum Gasteiger partial charge on any atom is 0.223 e. The molecule has 0 saturated carbocycles. The Hall–Kier alpha value is -2.20. The minimum atomic E-state index is -0.142. The molecule has 0 aliphatic carbocycles. The number of fused-ring (bicyclic) bond motifs is 1. The lowest BCUT2D eigenvalue weighted by Crippen LogP contribution is -2.05. The Balaban J connectivity index is 2.28. The smallest absolute Gasteiger partial charge is 0.223 e. The molecule has 1 N–H and O–H groups in total. The van der Waals surface area contributed by atoms with E-state index in [1.807, 2.05) is 48.7 Å². The third-order valence-electron chi connectivity index (χ3n) is 3.25. The summed E-state index contributed by atoms with van der Waals surface area (Å²) in [7, 11) is 0. The van der Waals surface area contributed by atoms with E-state index in [0.717, 1.165) is 27.0 Å². The molecule has 0 aliphatic heterocycles. The third-order valence-corrected chi connectivity index (χ3v) is 3.97. The molecule has 0 bridgehead atoms. The quantitative estimate of drug-likeness (QED) is 0.707. The number of thioether (sulfide) groups is 1. The number of hydrogen-bond donors (Lipinski definition) is 1. The van der Waals surface area contributed by atoms with Crippen molar-refractivity contribution < 1.29 is 9.21 Å². The number of carbonyl (C=O) groups excluding carboxylic acids is 1. The first kappa shape index (κ1) is 13.8. The zero-order valence-electron chi connectivity index (χ0n) is 11.8. The lowest BCUT2D eigenvalue weighted by atomic mass is 10.0. The summed E-state index contributed by atoms with van der Waals surface area (Å²) in [5, 5.41) is 3.80. The van der Waals surface area contributed by atoms with Crippen LogP contribution in [-0.4, -0.2) is 12.2 Å². The van der Waals surface area contributed by atoms with Gasteiger partial charge in [-0.25, -0.2) is 0 Å². The highest BCUT2D eigenvalue weighted by Crippen LogP contribution is 2.39. The van der Waals surface area contributed by atoms with Crippen LogP contribution in [0.25, 0.3) is 22.1 Å². The Morgan fingerprint density at radius 3 is 2.57 bits per heavy atom. The molecule has 3 aromatic rings. The summed E-state index contributed by atoms with van der Waals surface area (Å²) in [5.41, 5.74) is 2.73. The van der Waals surface area contributed by atoms with E-state index in [9.17, 15) is 4.79 Å². The molecule has 0 unspecified atom stereocenters. The summed E-state index contributed by atoms with van der Waals surface area (Å²) < 4.78 is 5.82. The predicted octanol–water partition coefficient (Wildman–Crippen LogP) is 4.78. The Kier molecular flexibility index (Phi) is 3.71. The van der Waals surface area contributed by atoms with Gasteiger partial charge in [0.05, 0.1) is 5.56 Å². The molecule has 1 amide bonds. The minimum absolute atomic E-state index is 0.142. The van der Waals surface area contributed by atoms with Crippen molar-refractivity contribution >= 4 is 34.5 Å². The lowest BCUT2D eigenvalue weighted by molar-refractivity contribution is -0.114. The standard InChI is InChI=1S/C17H15NO2S/c1-11(19)18-17-16(12-6-4-3-5-7-12)14-10-13(21-2)8-9-15(14)20-17/h3-10H,1-2H3,(H,18,19). The number of anilines is 1. The molecular weight excluding hydrogens is 282 g/mol. The number of rotatable bonds is 3. The second kappa shape index (κ2) is 5.66. The van der Waals surface area contributed by atoms with E-state index in [1.165, 1.54) is 6.92 Å². The molecule has 0 radical (unpaired) electrons. The Labute approximate surface area is 127 Å². The van der Waals surface area contributed by atoms with Gasteiger partial charge in [0.1, 0.15) is 5.58 Å². The SMILES string of the molecule is CSc1ccc2oc(NC(C)=O)c(-c3ccccc3)c2c1. The number of carbonyl (C=O) groups is 1. The van der Waals surface area contributed by atoms with Gasteiger partial charge in [-0.05, 0) is 30.0 Å². The summed E-state index contributed by atoms with van der Waals surface area (Å²) in [6.45, 7) is 1.48. The molecule has 0 atom stereocenters. The zero-order valence-corrected chi connectivity index (χ0v) is 12.7. The molecule has 21 heavy (non-hydrogen) atoms. The van der Waals surface area contributed by atoms with Crippen LogP contribution in [0.2, 0.25) is 0 Å². The maximum atomic E-state index is 11.4. The van der Waals surface area contributed by atoms with Crippen LogP contribution in [0, 0.1) is 0 Å². The van der Waals surface area contributed by atoms with Crippen LogP contribution >= 0.6 is 11.8 Å². The molecule has 4 heteroatoms. The van der Waals surface area contributed by atoms with E-state index in [-0.39, 0.29) is 5.91 Å². The first-order valence-corrected chi connectivity index (χ1v) is 7.85. The van der Waals surface area contributed by atoms with Gasteiger partial charge >= 0.3 is 0 Å². The molecule has 3 nitrogen and oxygen atoms in total. The van der Waals surface area contributed by atoms with Crippen LogP contribution in [0.5, 0.6) is 0 Å². The van der Waals surface area contributed by atoms with Gasteiger partial charge in [-0.1, -0.05) is 30.3 Å². The molecule has 0 aliphatic rings. The highest BCUT2D eigenvalue weighted by atomic mass is 32.2. The van der Waals surface area contributed by atoms with Crippen molar-refractivity contribution in [3.63, 3.8) is 0 Å². The van der Waals surface area contributed by atoms with Gasteiger partial charge in [0.2, 0.25) is 11.8 Å². The number of benzene rings is 2. The van der Waals surface area contributed by atoms with Gasteiger partial charge in [-0.3, -0.25) is 10.1 Å². The second-order valence-electron chi connectivity index (χ2n) is 4.72. The highest BCUT2D eigenvalue weighted by molar-refractivity contribution is 7.98. The van der Waals surface area contributed by atoms with Crippen molar-refractivity contribution in [1.29, 1.82) is 0 Å². The highest BCUT2D eigenvalue weighted by Gasteiger charge is 2.17. The van der Waals surface area contributed by atoms with E-state index in [0.29, 0.717) is 5.88 Å². The number of amides is 1. The Bertz CT molecular complexity index is 793. The summed E-state index contributed by atoms with van der Waals surface area (Å²) in [6, 6.07) is 16.0. The molecule has 106 valence electrons. The summed E-state index contributed by atoms with van der Waals surface area (Å²) >= 11 is 1.68. The van der Waals surface area contributed by atoms with Gasteiger partial charge in [-0.2, -0.15) is 0 Å². The van der Waals surface area contributed by atoms with Gasteiger partial charge in [0.25, 0.3) is 0 Å². The van der Waals surface area contributed by atoms with E-state index in [4.69, 9.17) is 4.42 Å². The maximum absolute atomic E-state index is 11.4. The first-order chi connectivity index (χ1) is 10.2. The number of nitrogens with one attached hydrogen (secondary N) is 1. The first-order valence-electron chi connectivity index (χ1n) is 6.62. The van der Waals surface area contributed by atoms with E-state index < -0.39 is 0 Å². The summed E-state index contributed by atoms with van der Waals surface area (Å²) in [5.74, 6) is 0.360. The molecule has 0 saturated heterocycles. The number of hydrogen-bond acceptors (Lipinski definition) is 3. The predicted molar refractivity (Wildman–Crippen MR) is 87.7 cm³/mol. The van der Waals surface area contributed by atoms with Crippen molar-refractivity contribution in [2.45, 2.75) is 11.8 Å².